The summed E-state index contributed by atoms with van der Waals surface area (Å²) in [5.41, 5.74) is 5.45. The molecule has 0 aromatic carbocycles. The summed E-state index contributed by atoms with van der Waals surface area (Å²) in [6.07, 6.45) is 2.87. The van der Waals surface area contributed by atoms with Crippen molar-refractivity contribution in [3.05, 3.63) is 17.0 Å². The van der Waals surface area contributed by atoms with Crippen LogP contribution < -0.4 is 15.8 Å². The van der Waals surface area contributed by atoms with Crippen LogP contribution in [-0.4, -0.2) is 31.9 Å². The van der Waals surface area contributed by atoms with E-state index in [1.807, 2.05) is 0 Å². The minimum atomic E-state index is -3.56. The SMILES string of the molecule is NC(=S)c1ccc(S(=O)(=O)NCCCC(=O)NC2CC2)s1. The second kappa shape index (κ2) is 6.82. The van der Waals surface area contributed by atoms with Gasteiger partial charge in [-0.25, -0.2) is 13.1 Å². The highest BCUT2D eigenvalue weighted by Gasteiger charge is 2.23. The fourth-order valence-electron chi connectivity index (χ4n) is 1.65. The monoisotopic (exact) mass is 347 g/mol. The first-order valence-corrected chi connectivity index (χ1v) is 9.28. The summed E-state index contributed by atoms with van der Waals surface area (Å²) >= 11 is 5.83. The maximum Gasteiger partial charge on any atom is 0.250 e. The molecule has 6 nitrogen and oxygen atoms in total. The topological polar surface area (TPSA) is 101 Å². The minimum Gasteiger partial charge on any atom is -0.389 e. The van der Waals surface area contributed by atoms with Crippen molar-refractivity contribution in [1.82, 2.24) is 10.0 Å². The number of amides is 1. The molecule has 116 valence electrons. The zero-order valence-electron chi connectivity index (χ0n) is 11.3. The van der Waals surface area contributed by atoms with E-state index in [-0.39, 0.29) is 21.6 Å². The summed E-state index contributed by atoms with van der Waals surface area (Å²) in [6.45, 7) is 0.223. The zero-order chi connectivity index (χ0) is 15.5. The summed E-state index contributed by atoms with van der Waals surface area (Å²) in [5, 5.41) is 2.86. The number of carbonyl (C=O) groups is 1. The molecule has 0 bridgehead atoms. The van der Waals surface area contributed by atoms with Crippen LogP contribution in [0, 0.1) is 0 Å². The van der Waals surface area contributed by atoms with Crippen LogP contribution >= 0.6 is 23.6 Å². The number of sulfonamides is 1. The van der Waals surface area contributed by atoms with E-state index < -0.39 is 10.0 Å². The summed E-state index contributed by atoms with van der Waals surface area (Å²) in [4.78, 5) is 12.2. The Morgan fingerprint density at radius 1 is 1.43 bits per heavy atom. The molecule has 9 heteroatoms. The molecule has 1 saturated carbocycles. The number of thiophene rings is 1. The molecule has 21 heavy (non-hydrogen) atoms. The van der Waals surface area contributed by atoms with Gasteiger partial charge in [0.1, 0.15) is 9.20 Å². The van der Waals surface area contributed by atoms with Crippen LogP contribution in [0.3, 0.4) is 0 Å². The second-order valence-electron chi connectivity index (χ2n) is 4.83. The number of thiocarbonyl (C=S) groups is 1. The van der Waals surface area contributed by atoms with Crippen LogP contribution in [0.5, 0.6) is 0 Å². The Labute approximate surface area is 133 Å². The van der Waals surface area contributed by atoms with Crippen molar-refractivity contribution in [2.45, 2.75) is 35.9 Å². The highest BCUT2D eigenvalue weighted by Crippen LogP contribution is 2.21. The molecule has 0 spiro atoms. The van der Waals surface area contributed by atoms with Gasteiger partial charge >= 0.3 is 0 Å². The first kappa shape index (κ1) is 16.3. The van der Waals surface area contributed by atoms with Crippen LogP contribution in [0.15, 0.2) is 16.3 Å². The van der Waals surface area contributed by atoms with Crippen molar-refractivity contribution >= 4 is 44.5 Å². The maximum atomic E-state index is 12.0. The summed E-state index contributed by atoms with van der Waals surface area (Å²) in [7, 11) is -3.56. The predicted octanol–water partition coefficient (Wildman–Crippen LogP) is 0.719. The Morgan fingerprint density at radius 3 is 2.71 bits per heavy atom. The third-order valence-electron chi connectivity index (χ3n) is 2.90. The lowest BCUT2D eigenvalue weighted by atomic mass is 10.3. The van der Waals surface area contributed by atoms with Gasteiger partial charge in [0.05, 0.1) is 4.88 Å². The lowest BCUT2D eigenvalue weighted by molar-refractivity contribution is -0.121. The van der Waals surface area contributed by atoms with Crippen LogP contribution in [-0.2, 0) is 14.8 Å². The first-order valence-electron chi connectivity index (χ1n) is 6.57. The Bertz CT molecular complexity index is 635. The molecule has 1 amide bonds. The van der Waals surface area contributed by atoms with Crippen LogP contribution in [0.4, 0.5) is 0 Å². The molecule has 1 aliphatic rings. The van der Waals surface area contributed by atoms with Gasteiger partial charge in [0.15, 0.2) is 0 Å². The lowest BCUT2D eigenvalue weighted by Crippen LogP contribution is -2.28. The number of nitrogens with two attached hydrogens (primary N) is 1. The van der Waals surface area contributed by atoms with Gasteiger partial charge in [0.2, 0.25) is 15.9 Å². The van der Waals surface area contributed by atoms with E-state index in [4.69, 9.17) is 18.0 Å². The number of nitrogens with one attached hydrogen (secondary N) is 2. The zero-order valence-corrected chi connectivity index (χ0v) is 13.7. The molecule has 1 aromatic heterocycles. The number of hydrogen-bond acceptors (Lipinski definition) is 5. The molecule has 0 saturated heterocycles. The molecular formula is C12H17N3O3S3. The Kier molecular flexibility index (Phi) is 5.31. The predicted molar refractivity (Wildman–Crippen MR) is 85.8 cm³/mol. The molecule has 0 aliphatic heterocycles. The average Bonchev–Trinajstić information content (AvgIpc) is 3.06. The van der Waals surface area contributed by atoms with Gasteiger partial charge in [-0.1, -0.05) is 12.2 Å². The molecule has 1 heterocycles. The highest BCUT2D eigenvalue weighted by atomic mass is 32.2. The fraction of sp³-hybridized carbons (Fsp3) is 0.500. The molecule has 1 fully saturated rings. The molecule has 4 N–H and O–H groups in total. The van der Waals surface area contributed by atoms with Gasteiger partial charge in [0, 0.05) is 19.0 Å². The molecule has 1 aromatic rings. The van der Waals surface area contributed by atoms with Gasteiger partial charge in [-0.15, -0.1) is 11.3 Å². The number of hydrogen-bond donors (Lipinski definition) is 3. The van der Waals surface area contributed by atoms with Gasteiger partial charge < -0.3 is 11.1 Å². The second-order valence-corrected chi connectivity index (χ2v) is 8.34. The van der Waals surface area contributed by atoms with E-state index >= 15 is 0 Å². The summed E-state index contributed by atoms with van der Waals surface area (Å²) in [5.74, 6) is -0.0245. The molecule has 1 aliphatic carbocycles. The smallest absolute Gasteiger partial charge is 0.250 e. The third-order valence-corrected chi connectivity index (χ3v) is 6.32. The standard InChI is InChI=1S/C12H17N3O3S3/c13-12(19)9-5-6-11(20-9)21(17,18)14-7-1-2-10(16)15-8-3-4-8/h5-6,8,14H,1-4,7H2,(H2,13,19)(H,15,16). The molecule has 0 unspecified atom stereocenters. The van der Waals surface area contributed by atoms with E-state index in [0.29, 0.717) is 23.8 Å². The molecule has 0 atom stereocenters. The third kappa shape index (κ3) is 5.03. The Morgan fingerprint density at radius 2 is 2.14 bits per heavy atom. The van der Waals surface area contributed by atoms with Crippen LogP contribution in [0.2, 0.25) is 0 Å². The van der Waals surface area contributed by atoms with Crippen LogP contribution in [0.1, 0.15) is 30.6 Å². The minimum absolute atomic E-state index is 0.0245. The highest BCUT2D eigenvalue weighted by molar-refractivity contribution is 7.91. The van der Waals surface area contributed by atoms with E-state index in [0.717, 1.165) is 24.2 Å². The van der Waals surface area contributed by atoms with E-state index in [2.05, 4.69) is 10.0 Å². The fourth-order valence-corrected chi connectivity index (χ4v) is 4.12. The largest absolute Gasteiger partial charge is 0.389 e. The summed E-state index contributed by atoms with van der Waals surface area (Å²) < 4.78 is 26.7. The van der Waals surface area contributed by atoms with Crippen molar-refractivity contribution in [2.75, 3.05) is 6.54 Å². The number of rotatable bonds is 8. The van der Waals surface area contributed by atoms with Gasteiger partial charge in [0.25, 0.3) is 0 Å². The van der Waals surface area contributed by atoms with Crippen molar-refractivity contribution in [1.29, 1.82) is 0 Å². The quantitative estimate of drug-likeness (QED) is 0.475. The Balaban J connectivity index is 1.77. The Hall–Kier alpha value is -1.03. The van der Waals surface area contributed by atoms with E-state index in [1.54, 1.807) is 6.07 Å². The average molecular weight is 347 g/mol. The first-order chi connectivity index (χ1) is 9.88. The van der Waals surface area contributed by atoms with Crippen molar-refractivity contribution in [2.24, 2.45) is 5.73 Å². The molecule has 2 rings (SSSR count). The van der Waals surface area contributed by atoms with E-state index in [1.165, 1.54) is 6.07 Å². The summed E-state index contributed by atoms with van der Waals surface area (Å²) in [6, 6.07) is 3.39. The number of carbonyl (C=O) groups excluding carboxylic acids is 1. The van der Waals surface area contributed by atoms with Gasteiger partial charge in [-0.3, -0.25) is 4.79 Å². The van der Waals surface area contributed by atoms with Crippen molar-refractivity contribution < 1.29 is 13.2 Å². The maximum absolute atomic E-state index is 12.0. The van der Waals surface area contributed by atoms with Crippen molar-refractivity contribution in [3.8, 4) is 0 Å². The molecular weight excluding hydrogens is 330 g/mol. The van der Waals surface area contributed by atoms with Crippen LogP contribution in [0.25, 0.3) is 0 Å². The lowest BCUT2D eigenvalue weighted by Gasteiger charge is -2.05. The van der Waals surface area contributed by atoms with Gasteiger partial charge in [-0.2, -0.15) is 0 Å². The van der Waals surface area contributed by atoms with E-state index in [9.17, 15) is 13.2 Å². The van der Waals surface area contributed by atoms with Gasteiger partial charge in [-0.05, 0) is 31.4 Å². The normalized spacial score (nSPS) is 14.9. The molecule has 0 radical (unpaired) electrons. The van der Waals surface area contributed by atoms with Crippen molar-refractivity contribution in [3.63, 3.8) is 0 Å².